The van der Waals surface area contributed by atoms with Gasteiger partial charge in [-0.2, -0.15) is 0 Å². The summed E-state index contributed by atoms with van der Waals surface area (Å²) in [6.07, 6.45) is 2.16. The van der Waals surface area contributed by atoms with Crippen molar-refractivity contribution in [2.24, 2.45) is 0 Å². The quantitative estimate of drug-likeness (QED) is 0.890. The number of nitrogens with one attached hydrogen (secondary N) is 1. The maximum absolute atomic E-state index is 12.7. The summed E-state index contributed by atoms with van der Waals surface area (Å²) in [6, 6.07) is 17.7. The van der Waals surface area contributed by atoms with Crippen LogP contribution in [-0.4, -0.2) is 17.6 Å². The molecule has 1 saturated carbocycles. The Morgan fingerprint density at radius 1 is 1.13 bits per heavy atom. The second kappa shape index (κ2) is 6.55. The minimum Gasteiger partial charge on any atom is -0.387 e. The SMILES string of the molecule is Cc1ccccc1C(O)CNC(=O)C1(c2ccccc2)CCC1. The molecule has 3 rings (SSSR count). The van der Waals surface area contributed by atoms with Crippen LogP contribution in [0.4, 0.5) is 0 Å². The highest BCUT2D eigenvalue weighted by molar-refractivity contribution is 5.89. The van der Waals surface area contributed by atoms with E-state index in [1.54, 1.807) is 0 Å². The molecular weight excluding hydrogens is 286 g/mol. The molecule has 0 aromatic heterocycles. The first kappa shape index (κ1) is 15.8. The monoisotopic (exact) mass is 309 g/mol. The molecular formula is C20H23NO2. The predicted molar refractivity (Wildman–Crippen MR) is 91.1 cm³/mol. The molecule has 3 nitrogen and oxygen atoms in total. The van der Waals surface area contributed by atoms with E-state index in [2.05, 4.69) is 5.32 Å². The Kier molecular flexibility index (Phi) is 4.49. The molecule has 1 aliphatic carbocycles. The van der Waals surface area contributed by atoms with Crippen molar-refractivity contribution in [3.63, 3.8) is 0 Å². The zero-order valence-electron chi connectivity index (χ0n) is 13.5. The van der Waals surface area contributed by atoms with Gasteiger partial charge in [0, 0.05) is 6.54 Å². The van der Waals surface area contributed by atoms with Crippen LogP contribution in [-0.2, 0) is 10.2 Å². The van der Waals surface area contributed by atoms with Gasteiger partial charge >= 0.3 is 0 Å². The smallest absolute Gasteiger partial charge is 0.230 e. The summed E-state index contributed by atoms with van der Waals surface area (Å²) < 4.78 is 0. The van der Waals surface area contributed by atoms with Crippen LogP contribution in [0.2, 0.25) is 0 Å². The number of hydrogen-bond donors (Lipinski definition) is 2. The van der Waals surface area contributed by atoms with Gasteiger partial charge in [-0.1, -0.05) is 61.0 Å². The van der Waals surface area contributed by atoms with E-state index < -0.39 is 11.5 Å². The van der Waals surface area contributed by atoms with Crippen molar-refractivity contribution in [2.75, 3.05) is 6.54 Å². The summed E-state index contributed by atoms with van der Waals surface area (Å²) in [5.74, 6) is 0.0302. The normalized spacial score (nSPS) is 17.1. The first-order chi connectivity index (χ1) is 11.1. The minimum atomic E-state index is -0.673. The maximum atomic E-state index is 12.7. The molecule has 2 aromatic carbocycles. The van der Waals surface area contributed by atoms with Crippen molar-refractivity contribution in [3.05, 3.63) is 71.3 Å². The van der Waals surface area contributed by atoms with Gasteiger partial charge in [0.25, 0.3) is 0 Å². The number of amides is 1. The van der Waals surface area contributed by atoms with Gasteiger partial charge in [-0.25, -0.2) is 0 Å². The largest absolute Gasteiger partial charge is 0.387 e. The summed E-state index contributed by atoms with van der Waals surface area (Å²) in [4.78, 5) is 12.7. The number of benzene rings is 2. The summed E-state index contributed by atoms with van der Waals surface area (Å²) >= 11 is 0. The maximum Gasteiger partial charge on any atom is 0.230 e. The molecule has 0 radical (unpaired) electrons. The first-order valence-corrected chi connectivity index (χ1v) is 8.21. The lowest BCUT2D eigenvalue weighted by Crippen LogP contribution is -2.50. The van der Waals surface area contributed by atoms with E-state index in [1.807, 2.05) is 61.5 Å². The van der Waals surface area contributed by atoms with E-state index in [0.717, 1.165) is 36.0 Å². The average molecular weight is 309 g/mol. The lowest BCUT2D eigenvalue weighted by Gasteiger charge is -2.41. The second-order valence-corrected chi connectivity index (χ2v) is 6.38. The van der Waals surface area contributed by atoms with Gasteiger partial charge in [-0.3, -0.25) is 4.79 Å². The van der Waals surface area contributed by atoms with Crippen molar-refractivity contribution in [2.45, 2.75) is 37.7 Å². The van der Waals surface area contributed by atoms with Crippen molar-refractivity contribution >= 4 is 5.91 Å². The highest BCUT2D eigenvalue weighted by Gasteiger charge is 2.45. The Bertz CT molecular complexity index is 677. The van der Waals surface area contributed by atoms with Crippen molar-refractivity contribution in [3.8, 4) is 0 Å². The Morgan fingerprint density at radius 3 is 2.39 bits per heavy atom. The van der Waals surface area contributed by atoms with Crippen LogP contribution < -0.4 is 5.32 Å². The Balaban J connectivity index is 1.68. The molecule has 0 spiro atoms. The van der Waals surface area contributed by atoms with Crippen molar-refractivity contribution < 1.29 is 9.90 Å². The second-order valence-electron chi connectivity index (χ2n) is 6.38. The van der Waals surface area contributed by atoms with Crippen molar-refractivity contribution in [1.82, 2.24) is 5.32 Å². The van der Waals surface area contributed by atoms with Crippen LogP contribution in [0.25, 0.3) is 0 Å². The van der Waals surface area contributed by atoms with E-state index in [-0.39, 0.29) is 12.5 Å². The van der Waals surface area contributed by atoms with Gasteiger partial charge in [0.1, 0.15) is 0 Å². The fraction of sp³-hybridized carbons (Fsp3) is 0.350. The van der Waals surface area contributed by atoms with Gasteiger partial charge < -0.3 is 10.4 Å². The van der Waals surface area contributed by atoms with E-state index >= 15 is 0 Å². The molecule has 0 bridgehead atoms. The van der Waals surface area contributed by atoms with Gasteiger partial charge in [0.2, 0.25) is 5.91 Å². The Labute approximate surface area is 137 Å². The molecule has 1 atom stereocenters. The third-order valence-electron chi connectivity index (χ3n) is 4.97. The number of hydrogen-bond acceptors (Lipinski definition) is 2. The topological polar surface area (TPSA) is 49.3 Å². The lowest BCUT2D eigenvalue weighted by molar-refractivity contribution is -0.130. The van der Waals surface area contributed by atoms with Crippen molar-refractivity contribution in [1.29, 1.82) is 0 Å². The third-order valence-corrected chi connectivity index (χ3v) is 4.97. The molecule has 23 heavy (non-hydrogen) atoms. The Morgan fingerprint density at radius 2 is 1.78 bits per heavy atom. The van der Waals surface area contributed by atoms with Crippen LogP contribution in [0.15, 0.2) is 54.6 Å². The summed E-state index contributed by atoms with van der Waals surface area (Å²) in [7, 11) is 0. The third kappa shape index (κ3) is 3.02. The molecule has 1 unspecified atom stereocenters. The van der Waals surface area contributed by atoms with E-state index in [4.69, 9.17) is 0 Å². The fourth-order valence-corrected chi connectivity index (χ4v) is 3.36. The highest BCUT2D eigenvalue weighted by Crippen LogP contribution is 2.43. The minimum absolute atomic E-state index is 0.0302. The van der Waals surface area contributed by atoms with Crippen LogP contribution in [0.5, 0.6) is 0 Å². The summed E-state index contributed by atoms with van der Waals surface area (Å²) in [6.45, 7) is 2.22. The average Bonchev–Trinajstić information content (AvgIpc) is 2.53. The number of aryl methyl sites for hydroxylation is 1. The molecule has 2 aromatic rings. The lowest BCUT2D eigenvalue weighted by atomic mass is 9.64. The van der Waals surface area contributed by atoms with Crippen LogP contribution >= 0.6 is 0 Å². The number of carbonyl (C=O) groups is 1. The molecule has 0 heterocycles. The van der Waals surface area contributed by atoms with Gasteiger partial charge in [0.05, 0.1) is 11.5 Å². The molecule has 3 heteroatoms. The van der Waals surface area contributed by atoms with E-state index in [9.17, 15) is 9.90 Å². The summed E-state index contributed by atoms with van der Waals surface area (Å²) in [5.41, 5.74) is 2.58. The van der Waals surface area contributed by atoms with E-state index in [1.165, 1.54) is 0 Å². The molecule has 120 valence electrons. The van der Waals surface area contributed by atoms with Gasteiger partial charge in [0.15, 0.2) is 0 Å². The number of rotatable bonds is 5. The first-order valence-electron chi connectivity index (χ1n) is 8.21. The molecule has 0 saturated heterocycles. The standard InChI is InChI=1S/C20H23NO2/c1-15-8-5-6-11-17(15)18(22)14-21-19(23)20(12-7-13-20)16-9-3-2-4-10-16/h2-6,8-11,18,22H,7,12-14H2,1H3,(H,21,23). The molecule has 2 N–H and O–H groups in total. The number of aliphatic hydroxyl groups is 1. The number of carbonyl (C=O) groups excluding carboxylic acids is 1. The molecule has 1 amide bonds. The molecule has 1 fully saturated rings. The summed E-state index contributed by atoms with van der Waals surface area (Å²) in [5, 5.41) is 13.3. The zero-order valence-corrected chi connectivity index (χ0v) is 13.5. The van der Waals surface area contributed by atoms with Crippen LogP contribution in [0.3, 0.4) is 0 Å². The van der Waals surface area contributed by atoms with Crippen LogP contribution in [0, 0.1) is 6.92 Å². The van der Waals surface area contributed by atoms with Gasteiger partial charge in [-0.05, 0) is 36.5 Å². The van der Waals surface area contributed by atoms with Gasteiger partial charge in [-0.15, -0.1) is 0 Å². The number of aliphatic hydroxyl groups excluding tert-OH is 1. The Hall–Kier alpha value is -2.13. The molecule has 0 aliphatic heterocycles. The fourth-order valence-electron chi connectivity index (χ4n) is 3.36. The van der Waals surface area contributed by atoms with E-state index in [0.29, 0.717) is 0 Å². The molecule has 1 aliphatic rings. The zero-order chi connectivity index (χ0) is 16.3. The van der Waals surface area contributed by atoms with Crippen LogP contribution in [0.1, 0.15) is 42.1 Å². The highest BCUT2D eigenvalue weighted by atomic mass is 16.3. The predicted octanol–water partition coefficient (Wildman–Crippen LogP) is 3.27.